The van der Waals surface area contributed by atoms with Crippen LogP contribution in [0, 0.1) is 6.92 Å². The van der Waals surface area contributed by atoms with Crippen molar-refractivity contribution in [2.45, 2.75) is 11.8 Å². The van der Waals surface area contributed by atoms with Crippen molar-refractivity contribution in [3.63, 3.8) is 0 Å². The zero-order valence-electron chi connectivity index (χ0n) is 12.3. The second-order valence-corrected chi connectivity index (χ2v) is 7.46. The molecule has 0 atom stereocenters. The van der Waals surface area contributed by atoms with E-state index >= 15 is 0 Å². The molecule has 0 spiro atoms. The van der Waals surface area contributed by atoms with Crippen LogP contribution in [0.2, 0.25) is 10.2 Å². The molecule has 8 heteroatoms. The maximum absolute atomic E-state index is 12.7. The molecule has 120 valence electrons. The molecule has 23 heavy (non-hydrogen) atoms. The summed E-state index contributed by atoms with van der Waals surface area (Å²) in [6.45, 7) is 1.60. The number of hydrogen-bond acceptors (Lipinski definition) is 3. The zero-order chi connectivity index (χ0) is 16.8. The van der Waals surface area contributed by atoms with Crippen molar-refractivity contribution in [1.29, 1.82) is 0 Å². The number of halogens is 2. The molecule has 0 amide bonds. The largest absolute Gasteiger partial charge is 0.279 e. The molecule has 3 aromatic rings. The normalized spacial score (nSPS) is 11.8. The lowest BCUT2D eigenvalue weighted by Crippen LogP contribution is -2.14. The minimum atomic E-state index is -3.87. The van der Waals surface area contributed by atoms with Crippen molar-refractivity contribution in [1.82, 2.24) is 9.78 Å². The quantitative estimate of drug-likeness (QED) is 0.758. The van der Waals surface area contributed by atoms with Gasteiger partial charge >= 0.3 is 0 Å². The highest BCUT2D eigenvalue weighted by Crippen LogP contribution is 2.32. The molecule has 5 nitrogen and oxygen atoms in total. The Kier molecular flexibility index (Phi) is 4.00. The zero-order valence-corrected chi connectivity index (χ0v) is 14.7. The predicted molar refractivity (Wildman–Crippen MR) is 92.7 cm³/mol. The number of nitrogens with one attached hydrogen (secondary N) is 1. The molecular formula is C15H13Cl2N3O2S. The first-order chi connectivity index (χ1) is 10.8. The molecule has 1 N–H and O–H groups in total. The van der Waals surface area contributed by atoms with E-state index < -0.39 is 10.0 Å². The Morgan fingerprint density at radius 1 is 1.09 bits per heavy atom. The van der Waals surface area contributed by atoms with Crippen molar-refractivity contribution in [2.75, 3.05) is 4.72 Å². The lowest BCUT2D eigenvalue weighted by atomic mass is 10.1. The third-order valence-corrected chi connectivity index (χ3v) is 5.87. The molecule has 0 unspecified atom stereocenters. The van der Waals surface area contributed by atoms with Crippen molar-refractivity contribution >= 4 is 49.7 Å². The summed E-state index contributed by atoms with van der Waals surface area (Å²) in [5, 5.41) is 6.13. The number of benzene rings is 2. The van der Waals surface area contributed by atoms with Gasteiger partial charge in [0.15, 0.2) is 0 Å². The monoisotopic (exact) mass is 369 g/mol. The van der Waals surface area contributed by atoms with E-state index in [1.807, 2.05) is 18.2 Å². The van der Waals surface area contributed by atoms with Crippen molar-refractivity contribution in [3.8, 4) is 0 Å². The molecule has 1 aromatic heterocycles. The topological polar surface area (TPSA) is 64.0 Å². The number of aryl methyl sites for hydroxylation is 2. The molecule has 0 saturated heterocycles. The number of rotatable bonds is 3. The van der Waals surface area contributed by atoms with Crippen LogP contribution in [0.4, 0.5) is 5.69 Å². The highest BCUT2D eigenvalue weighted by atomic mass is 35.5. The molecule has 0 aliphatic carbocycles. The fourth-order valence-electron chi connectivity index (χ4n) is 2.46. The highest BCUT2D eigenvalue weighted by Gasteiger charge is 2.25. The Morgan fingerprint density at radius 2 is 1.74 bits per heavy atom. The minimum Gasteiger partial charge on any atom is -0.279 e. The second kappa shape index (κ2) is 5.70. The van der Waals surface area contributed by atoms with E-state index in [0.717, 1.165) is 5.39 Å². The van der Waals surface area contributed by atoms with E-state index in [9.17, 15) is 8.42 Å². The summed E-state index contributed by atoms with van der Waals surface area (Å²) >= 11 is 12.2. The van der Waals surface area contributed by atoms with Gasteiger partial charge in [0.05, 0.1) is 11.4 Å². The molecule has 2 aromatic carbocycles. The smallest absolute Gasteiger partial charge is 0.266 e. The Balaban J connectivity index is 2.14. The summed E-state index contributed by atoms with van der Waals surface area (Å²) in [4.78, 5) is -0.0271. The first kappa shape index (κ1) is 16.1. The van der Waals surface area contributed by atoms with E-state index in [1.165, 1.54) is 4.68 Å². The molecule has 0 aliphatic rings. The van der Waals surface area contributed by atoms with Crippen LogP contribution in [0.3, 0.4) is 0 Å². The van der Waals surface area contributed by atoms with Gasteiger partial charge in [-0.3, -0.25) is 9.40 Å². The molecule has 0 saturated carbocycles. The Hall–Kier alpha value is -1.76. The van der Waals surface area contributed by atoms with Gasteiger partial charge < -0.3 is 0 Å². The van der Waals surface area contributed by atoms with Gasteiger partial charge in [-0.2, -0.15) is 5.10 Å². The first-order valence-corrected chi connectivity index (χ1v) is 8.94. The van der Waals surface area contributed by atoms with Crippen LogP contribution in [0.15, 0.2) is 41.3 Å². The lowest BCUT2D eigenvalue weighted by molar-refractivity contribution is 0.600. The van der Waals surface area contributed by atoms with Crippen LogP contribution in [-0.2, 0) is 17.1 Å². The number of aromatic nitrogens is 2. The van der Waals surface area contributed by atoms with Crippen LogP contribution in [-0.4, -0.2) is 18.2 Å². The third-order valence-electron chi connectivity index (χ3n) is 3.48. The summed E-state index contributed by atoms with van der Waals surface area (Å²) in [7, 11) is -2.28. The average Bonchev–Trinajstić information content (AvgIpc) is 2.76. The molecule has 1 heterocycles. The van der Waals surface area contributed by atoms with Gasteiger partial charge in [-0.05, 0) is 19.1 Å². The van der Waals surface area contributed by atoms with E-state index in [0.29, 0.717) is 21.8 Å². The van der Waals surface area contributed by atoms with Gasteiger partial charge in [0.1, 0.15) is 10.0 Å². The van der Waals surface area contributed by atoms with Gasteiger partial charge in [0.25, 0.3) is 10.0 Å². The third kappa shape index (κ3) is 2.78. The molecule has 0 radical (unpaired) electrons. The second-order valence-electron chi connectivity index (χ2n) is 5.07. The van der Waals surface area contributed by atoms with E-state index in [-0.39, 0.29) is 10.0 Å². The van der Waals surface area contributed by atoms with Crippen LogP contribution >= 0.6 is 23.2 Å². The number of nitrogens with zero attached hydrogens (tertiary/aromatic N) is 2. The van der Waals surface area contributed by atoms with Crippen molar-refractivity contribution in [2.24, 2.45) is 7.05 Å². The number of anilines is 1. The van der Waals surface area contributed by atoms with Crippen molar-refractivity contribution in [3.05, 3.63) is 52.3 Å². The van der Waals surface area contributed by atoms with E-state index in [4.69, 9.17) is 23.2 Å². The Morgan fingerprint density at radius 3 is 2.35 bits per heavy atom. The Bertz CT molecular complexity index is 1010. The molecule has 0 aliphatic heterocycles. The molecule has 3 rings (SSSR count). The average molecular weight is 370 g/mol. The number of fused-ring (bicyclic) bond motifs is 1. The van der Waals surface area contributed by atoms with E-state index in [1.54, 1.807) is 32.2 Å². The maximum atomic E-state index is 12.7. The fourth-order valence-corrected chi connectivity index (χ4v) is 4.52. The van der Waals surface area contributed by atoms with Gasteiger partial charge in [-0.15, -0.1) is 0 Å². The minimum absolute atomic E-state index is 0.0271. The van der Waals surface area contributed by atoms with Gasteiger partial charge in [-0.25, -0.2) is 8.42 Å². The molecular weight excluding hydrogens is 357 g/mol. The van der Waals surface area contributed by atoms with E-state index in [2.05, 4.69) is 9.82 Å². The summed E-state index contributed by atoms with van der Waals surface area (Å²) in [6, 6.07) is 10.6. The SMILES string of the molecule is Cc1nn(C)c(Cl)c1S(=O)(=O)Nc1ccc(Cl)c2ccccc12. The maximum Gasteiger partial charge on any atom is 0.266 e. The lowest BCUT2D eigenvalue weighted by Gasteiger charge is -2.11. The number of hydrogen-bond donors (Lipinski definition) is 1. The van der Waals surface area contributed by atoms with Gasteiger partial charge in [-0.1, -0.05) is 47.5 Å². The predicted octanol–water partition coefficient (Wildman–Crippen LogP) is 3.99. The summed E-state index contributed by atoms with van der Waals surface area (Å²) in [6.07, 6.45) is 0. The molecule has 0 fully saturated rings. The standard InChI is InChI=1S/C15H13Cl2N3O2S/c1-9-14(15(17)20(2)18-9)23(21,22)19-13-8-7-12(16)10-5-3-4-6-11(10)13/h3-8,19H,1-2H3. The van der Waals surface area contributed by atoms with Crippen LogP contribution < -0.4 is 4.72 Å². The van der Waals surface area contributed by atoms with Gasteiger partial charge in [0.2, 0.25) is 0 Å². The summed E-state index contributed by atoms with van der Waals surface area (Å²) in [5.41, 5.74) is 0.771. The van der Waals surface area contributed by atoms with Gasteiger partial charge in [0, 0.05) is 22.8 Å². The Labute approximate surface area is 143 Å². The summed E-state index contributed by atoms with van der Waals surface area (Å²) in [5.74, 6) is 0. The summed E-state index contributed by atoms with van der Waals surface area (Å²) < 4.78 is 29.3. The van der Waals surface area contributed by atoms with Crippen LogP contribution in [0.5, 0.6) is 0 Å². The highest BCUT2D eigenvalue weighted by molar-refractivity contribution is 7.93. The van der Waals surface area contributed by atoms with Crippen LogP contribution in [0.25, 0.3) is 10.8 Å². The van der Waals surface area contributed by atoms with Crippen molar-refractivity contribution < 1.29 is 8.42 Å². The number of sulfonamides is 1. The first-order valence-electron chi connectivity index (χ1n) is 6.70. The molecule has 0 bridgehead atoms. The van der Waals surface area contributed by atoms with Crippen LogP contribution in [0.1, 0.15) is 5.69 Å². The fraction of sp³-hybridized carbons (Fsp3) is 0.133.